The van der Waals surface area contributed by atoms with Gasteiger partial charge in [-0.05, 0) is 29.8 Å². The average molecular weight is 265 g/mol. The maximum atomic E-state index is 13.3. The first kappa shape index (κ1) is 13.0. The average Bonchev–Trinajstić information content (AvgIpc) is 2.37. The normalized spacial score (nSPS) is 12.4. The lowest BCUT2D eigenvalue weighted by molar-refractivity contribution is 0.596. The highest BCUT2D eigenvalue weighted by molar-refractivity contribution is 6.31. The second-order valence-electron chi connectivity index (χ2n) is 3.95. The molecule has 94 valence electrons. The number of aromatic nitrogens is 1. The summed E-state index contributed by atoms with van der Waals surface area (Å²) >= 11 is 6.19. The molecule has 0 amide bonds. The van der Waals surface area contributed by atoms with Crippen LogP contribution < -0.4 is 5.32 Å². The van der Waals surface area contributed by atoms with Crippen LogP contribution in [0.15, 0.2) is 42.7 Å². The van der Waals surface area contributed by atoms with Crippen LogP contribution in [0.4, 0.5) is 4.39 Å². The van der Waals surface area contributed by atoms with E-state index in [0.717, 1.165) is 17.7 Å². The second-order valence-corrected chi connectivity index (χ2v) is 4.36. The molecule has 1 unspecified atom stereocenters. The molecule has 0 aliphatic rings. The zero-order chi connectivity index (χ0) is 13.0. The molecule has 18 heavy (non-hydrogen) atoms. The molecule has 1 N–H and O–H groups in total. The summed E-state index contributed by atoms with van der Waals surface area (Å²) in [5, 5.41) is 3.95. The molecule has 1 atom stereocenters. The molecule has 0 aliphatic heterocycles. The Bertz CT molecular complexity index is 531. The van der Waals surface area contributed by atoms with Crippen LogP contribution in [0.25, 0.3) is 0 Å². The summed E-state index contributed by atoms with van der Waals surface area (Å²) < 4.78 is 13.3. The first-order chi connectivity index (χ1) is 8.72. The van der Waals surface area contributed by atoms with Crippen LogP contribution in [0.5, 0.6) is 0 Å². The zero-order valence-corrected chi connectivity index (χ0v) is 10.8. The third-order valence-electron chi connectivity index (χ3n) is 2.68. The molecule has 0 saturated carbocycles. The van der Waals surface area contributed by atoms with Gasteiger partial charge in [0.05, 0.1) is 12.2 Å². The molecule has 1 aromatic heterocycles. The van der Waals surface area contributed by atoms with Crippen LogP contribution >= 0.6 is 11.6 Å². The van der Waals surface area contributed by atoms with Crippen molar-refractivity contribution < 1.29 is 4.39 Å². The summed E-state index contributed by atoms with van der Waals surface area (Å²) in [7, 11) is 0. The van der Waals surface area contributed by atoms with Crippen LogP contribution in [-0.4, -0.2) is 11.5 Å². The van der Waals surface area contributed by atoms with E-state index < -0.39 is 0 Å². The van der Waals surface area contributed by atoms with Gasteiger partial charge in [-0.1, -0.05) is 36.7 Å². The fourth-order valence-corrected chi connectivity index (χ4v) is 2.15. The van der Waals surface area contributed by atoms with Crippen LogP contribution in [0.2, 0.25) is 5.02 Å². The highest BCUT2D eigenvalue weighted by Gasteiger charge is 2.16. The van der Waals surface area contributed by atoms with Crippen LogP contribution in [0.3, 0.4) is 0 Å². The van der Waals surface area contributed by atoms with Crippen molar-refractivity contribution in [1.29, 1.82) is 0 Å². The Morgan fingerprint density at radius 2 is 2.11 bits per heavy atom. The van der Waals surface area contributed by atoms with E-state index in [4.69, 9.17) is 11.6 Å². The first-order valence-corrected chi connectivity index (χ1v) is 6.18. The minimum atomic E-state index is -0.345. The van der Waals surface area contributed by atoms with Gasteiger partial charge in [-0.25, -0.2) is 4.39 Å². The van der Waals surface area contributed by atoms with Crippen molar-refractivity contribution in [2.45, 2.75) is 13.0 Å². The first-order valence-electron chi connectivity index (χ1n) is 5.80. The standard InChI is InChI=1S/C14H14ClFN2/c1-2-18-14(10-7-11(16)9-17-8-10)12-5-3-4-6-13(12)15/h3-9,14,18H,2H2,1H3. The monoisotopic (exact) mass is 264 g/mol. The SMILES string of the molecule is CCNC(c1cncc(F)c1)c1ccccc1Cl. The van der Waals surface area contributed by atoms with E-state index in [-0.39, 0.29) is 11.9 Å². The van der Waals surface area contributed by atoms with Crippen molar-refractivity contribution in [2.24, 2.45) is 0 Å². The number of nitrogens with one attached hydrogen (secondary N) is 1. The van der Waals surface area contributed by atoms with E-state index in [1.54, 1.807) is 6.20 Å². The number of nitrogens with zero attached hydrogens (tertiary/aromatic N) is 1. The van der Waals surface area contributed by atoms with Gasteiger partial charge in [0.25, 0.3) is 0 Å². The molecule has 2 aromatic rings. The molecule has 1 aromatic carbocycles. The molecule has 0 aliphatic carbocycles. The predicted molar refractivity (Wildman–Crippen MR) is 71.2 cm³/mol. The van der Waals surface area contributed by atoms with E-state index in [2.05, 4.69) is 10.3 Å². The minimum absolute atomic E-state index is 0.146. The van der Waals surface area contributed by atoms with Gasteiger partial charge >= 0.3 is 0 Å². The number of halogens is 2. The summed E-state index contributed by atoms with van der Waals surface area (Å²) in [6, 6.07) is 8.88. The van der Waals surface area contributed by atoms with Crippen molar-refractivity contribution >= 4 is 11.6 Å². The third-order valence-corrected chi connectivity index (χ3v) is 3.03. The highest BCUT2D eigenvalue weighted by atomic mass is 35.5. The summed E-state index contributed by atoms with van der Waals surface area (Å²) in [5.41, 5.74) is 1.69. The molecule has 1 heterocycles. The largest absolute Gasteiger partial charge is 0.306 e. The zero-order valence-electron chi connectivity index (χ0n) is 10.0. The molecule has 0 fully saturated rings. The lowest BCUT2D eigenvalue weighted by atomic mass is 10.00. The van der Waals surface area contributed by atoms with Gasteiger partial charge in [0.2, 0.25) is 0 Å². The van der Waals surface area contributed by atoms with Gasteiger partial charge in [-0.3, -0.25) is 4.98 Å². The molecule has 0 radical (unpaired) electrons. The highest BCUT2D eigenvalue weighted by Crippen LogP contribution is 2.27. The number of pyridine rings is 1. The van der Waals surface area contributed by atoms with E-state index in [1.807, 2.05) is 31.2 Å². The van der Waals surface area contributed by atoms with E-state index in [0.29, 0.717) is 5.02 Å². The summed E-state index contributed by atoms with van der Waals surface area (Å²) in [5.74, 6) is -0.345. The molecule has 2 rings (SSSR count). The molecule has 0 bridgehead atoms. The summed E-state index contributed by atoms with van der Waals surface area (Å²) in [6.07, 6.45) is 2.85. The Hall–Kier alpha value is -1.45. The van der Waals surface area contributed by atoms with E-state index in [9.17, 15) is 4.39 Å². The van der Waals surface area contributed by atoms with Crippen molar-refractivity contribution in [3.05, 3.63) is 64.7 Å². The van der Waals surface area contributed by atoms with Gasteiger partial charge in [-0.15, -0.1) is 0 Å². The van der Waals surface area contributed by atoms with Crippen LogP contribution in [-0.2, 0) is 0 Å². The summed E-state index contributed by atoms with van der Waals surface area (Å²) in [6.45, 7) is 2.75. The topological polar surface area (TPSA) is 24.9 Å². The van der Waals surface area contributed by atoms with Gasteiger partial charge < -0.3 is 5.32 Å². The fourth-order valence-electron chi connectivity index (χ4n) is 1.91. The lowest BCUT2D eigenvalue weighted by Gasteiger charge is -2.19. The van der Waals surface area contributed by atoms with Gasteiger partial charge in [-0.2, -0.15) is 0 Å². The Balaban J connectivity index is 2.43. The maximum absolute atomic E-state index is 13.3. The predicted octanol–water partition coefficient (Wildman–Crippen LogP) is 3.57. The molecule has 2 nitrogen and oxygen atoms in total. The molecule has 0 spiro atoms. The smallest absolute Gasteiger partial charge is 0.141 e. The Morgan fingerprint density at radius 3 is 2.78 bits per heavy atom. The molecule has 0 saturated heterocycles. The second kappa shape index (κ2) is 5.94. The van der Waals surface area contributed by atoms with Crippen molar-refractivity contribution in [2.75, 3.05) is 6.54 Å². The number of rotatable bonds is 4. The van der Waals surface area contributed by atoms with Crippen molar-refractivity contribution in [3.63, 3.8) is 0 Å². The van der Waals surface area contributed by atoms with Crippen LogP contribution in [0.1, 0.15) is 24.1 Å². The molecular weight excluding hydrogens is 251 g/mol. The Labute approximate surface area is 111 Å². The van der Waals surface area contributed by atoms with Crippen molar-refractivity contribution in [1.82, 2.24) is 10.3 Å². The minimum Gasteiger partial charge on any atom is -0.306 e. The number of benzene rings is 1. The molecular formula is C14H14ClFN2. The van der Waals surface area contributed by atoms with Gasteiger partial charge in [0.1, 0.15) is 5.82 Å². The number of hydrogen-bond donors (Lipinski definition) is 1. The van der Waals surface area contributed by atoms with Gasteiger partial charge in [0.15, 0.2) is 0 Å². The third kappa shape index (κ3) is 2.86. The van der Waals surface area contributed by atoms with Gasteiger partial charge in [0, 0.05) is 11.2 Å². The van der Waals surface area contributed by atoms with Crippen LogP contribution in [0, 0.1) is 5.82 Å². The lowest BCUT2D eigenvalue weighted by Crippen LogP contribution is -2.22. The van der Waals surface area contributed by atoms with E-state index in [1.165, 1.54) is 12.3 Å². The molecule has 4 heteroatoms. The van der Waals surface area contributed by atoms with E-state index >= 15 is 0 Å². The Morgan fingerprint density at radius 1 is 1.33 bits per heavy atom. The quantitative estimate of drug-likeness (QED) is 0.913. The maximum Gasteiger partial charge on any atom is 0.141 e. The van der Waals surface area contributed by atoms with Crippen molar-refractivity contribution in [3.8, 4) is 0 Å². The summed E-state index contributed by atoms with van der Waals surface area (Å²) in [4.78, 5) is 3.88. The Kier molecular flexibility index (Phi) is 4.28. The number of hydrogen-bond acceptors (Lipinski definition) is 2. The fraction of sp³-hybridized carbons (Fsp3) is 0.214.